The summed E-state index contributed by atoms with van der Waals surface area (Å²) in [5.41, 5.74) is 0. The maximum absolute atomic E-state index is 5.46. The molecule has 0 fully saturated rings. The Kier molecular flexibility index (Phi) is 18.3. The molecule has 0 heterocycles. The van der Waals surface area contributed by atoms with Crippen LogP contribution >= 0.6 is 11.6 Å². The van der Waals surface area contributed by atoms with Crippen LogP contribution < -0.4 is 0 Å². The zero-order valence-electron chi connectivity index (χ0n) is 12.2. The van der Waals surface area contributed by atoms with E-state index < -0.39 is 0 Å². The summed E-state index contributed by atoms with van der Waals surface area (Å²) in [6, 6.07) is 0. The molecule has 19 heavy (non-hydrogen) atoms. The van der Waals surface area contributed by atoms with Crippen molar-refractivity contribution >= 4 is 11.6 Å². The summed E-state index contributed by atoms with van der Waals surface area (Å²) in [6.07, 6.45) is 4.97. The van der Waals surface area contributed by atoms with Crippen LogP contribution in [-0.4, -0.2) is 58.7 Å². The van der Waals surface area contributed by atoms with Gasteiger partial charge in [-0.15, -0.1) is 11.6 Å². The molecular weight excluding hydrogens is 268 g/mol. The van der Waals surface area contributed by atoms with Gasteiger partial charge in [-0.2, -0.15) is 0 Å². The predicted molar refractivity (Wildman–Crippen MR) is 78.1 cm³/mol. The third-order valence-electron chi connectivity index (χ3n) is 2.48. The van der Waals surface area contributed by atoms with Crippen molar-refractivity contribution in [1.29, 1.82) is 0 Å². The fourth-order valence-corrected chi connectivity index (χ4v) is 1.56. The summed E-state index contributed by atoms with van der Waals surface area (Å²) >= 11 is 5.46. The van der Waals surface area contributed by atoms with Gasteiger partial charge in [0.05, 0.1) is 46.2 Å². The van der Waals surface area contributed by atoms with Crippen LogP contribution in [-0.2, 0) is 18.9 Å². The van der Waals surface area contributed by atoms with E-state index in [-0.39, 0.29) is 0 Å². The number of alkyl halides is 1. The van der Waals surface area contributed by atoms with Crippen LogP contribution in [0.5, 0.6) is 0 Å². The summed E-state index contributed by atoms with van der Waals surface area (Å²) in [4.78, 5) is 0. The van der Waals surface area contributed by atoms with Crippen molar-refractivity contribution in [3.63, 3.8) is 0 Å². The highest BCUT2D eigenvalue weighted by Crippen LogP contribution is 1.98. The van der Waals surface area contributed by atoms with Gasteiger partial charge in [0.2, 0.25) is 0 Å². The second-order valence-electron chi connectivity index (χ2n) is 4.20. The molecule has 116 valence electrons. The monoisotopic (exact) mass is 296 g/mol. The van der Waals surface area contributed by atoms with E-state index >= 15 is 0 Å². The molecule has 0 aromatic rings. The van der Waals surface area contributed by atoms with Gasteiger partial charge in [-0.05, 0) is 6.42 Å². The second-order valence-corrected chi connectivity index (χ2v) is 4.58. The fourth-order valence-electron chi connectivity index (χ4n) is 1.45. The molecule has 0 aliphatic carbocycles. The largest absolute Gasteiger partial charge is 0.379 e. The van der Waals surface area contributed by atoms with Crippen LogP contribution in [0, 0.1) is 0 Å². The van der Waals surface area contributed by atoms with Gasteiger partial charge >= 0.3 is 0 Å². The van der Waals surface area contributed by atoms with Crippen LogP contribution in [0.4, 0.5) is 0 Å². The van der Waals surface area contributed by atoms with Gasteiger partial charge in [-0.25, -0.2) is 0 Å². The highest BCUT2D eigenvalue weighted by Gasteiger charge is 1.92. The minimum Gasteiger partial charge on any atom is -0.379 e. The summed E-state index contributed by atoms with van der Waals surface area (Å²) < 4.78 is 21.3. The molecule has 0 radical (unpaired) electrons. The van der Waals surface area contributed by atoms with Crippen molar-refractivity contribution in [2.45, 2.75) is 32.6 Å². The molecule has 0 bridgehead atoms. The molecule has 0 unspecified atom stereocenters. The van der Waals surface area contributed by atoms with E-state index in [0.29, 0.717) is 52.1 Å². The number of halogens is 1. The first-order valence-electron chi connectivity index (χ1n) is 7.28. The lowest BCUT2D eigenvalue weighted by Crippen LogP contribution is -2.12. The molecule has 0 saturated heterocycles. The van der Waals surface area contributed by atoms with E-state index in [1.54, 1.807) is 0 Å². The smallest absolute Gasteiger partial charge is 0.0701 e. The molecule has 0 aliphatic rings. The van der Waals surface area contributed by atoms with Crippen LogP contribution in [0.15, 0.2) is 0 Å². The van der Waals surface area contributed by atoms with Crippen LogP contribution in [0.25, 0.3) is 0 Å². The van der Waals surface area contributed by atoms with Gasteiger partial charge in [0, 0.05) is 12.5 Å². The summed E-state index contributed by atoms with van der Waals surface area (Å²) in [7, 11) is 0. The van der Waals surface area contributed by atoms with Gasteiger partial charge < -0.3 is 18.9 Å². The summed E-state index contributed by atoms with van der Waals surface area (Å²) in [5.74, 6) is 0.529. The Morgan fingerprint density at radius 3 is 1.53 bits per heavy atom. The van der Waals surface area contributed by atoms with Gasteiger partial charge in [0.15, 0.2) is 0 Å². The number of ether oxygens (including phenoxy) is 4. The average molecular weight is 297 g/mol. The van der Waals surface area contributed by atoms with Crippen LogP contribution in [0.3, 0.4) is 0 Å². The summed E-state index contributed by atoms with van der Waals surface area (Å²) in [6.45, 7) is 7.33. The maximum atomic E-state index is 5.46. The van der Waals surface area contributed by atoms with Crippen molar-refractivity contribution in [2.24, 2.45) is 0 Å². The fraction of sp³-hybridized carbons (Fsp3) is 1.00. The molecule has 0 amide bonds. The quantitative estimate of drug-likeness (QED) is 0.324. The predicted octanol–water partition coefficient (Wildman–Crippen LogP) is 2.87. The van der Waals surface area contributed by atoms with Crippen LogP contribution in [0.1, 0.15) is 32.6 Å². The van der Waals surface area contributed by atoms with E-state index in [0.717, 1.165) is 13.0 Å². The Bertz CT molecular complexity index is 142. The van der Waals surface area contributed by atoms with Gasteiger partial charge in [-0.3, -0.25) is 0 Å². The number of unbranched alkanes of at least 4 members (excludes halogenated alkanes) is 3. The first-order chi connectivity index (χ1) is 9.41. The van der Waals surface area contributed by atoms with E-state index in [1.807, 2.05) is 0 Å². The third-order valence-corrected chi connectivity index (χ3v) is 2.63. The number of rotatable bonds is 16. The second kappa shape index (κ2) is 18.1. The summed E-state index contributed by atoms with van der Waals surface area (Å²) in [5, 5.41) is 0. The molecule has 0 saturated carbocycles. The molecule has 0 aromatic heterocycles. The van der Waals surface area contributed by atoms with Crippen molar-refractivity contribution < 1.29 is 18.9 Å². The number of hydrogen-bond acceptors (Lipinski definition) is 4. The van der Waals surface area contributed by atoms with E-state index in [4.69, 9.17) is 30.5 Å². The molecule has 0 spiro atoms. The van der Waals surface area contributed by atoms with Crippen molar-refractivity contribution in [3.05, 3.63) is 0 Å². The maximum Gasteiger partial charge on any atom is 0.0701 e. The first kappa shape index (κ1) is 19.1. The molecule has 0 N–H and O–H groups in total. The highest BCUT2D eigenvalue weighted by atomic mass is 35.5. The third kappa shape index (κ3) is 18.1. The molecular formula is C14H29ClO4. The van der Waals surface area contributed by atoms with Crippen molar-refractivity contribution in [3.8, 4) is 0 Å². The van der Waals surface area contributed by atoms with Gasteiger partial charge in [-0.1, -0.05) is 26.2 Å². The Hall–Kier alpha value is 0.130. The van der Waals surface area contributed by atoms with E-state index in [9.17, 15) is 0 Å². The Balaban J connectivity index is 2.88. The molecule has 0 rings (SSSR count). The molecule has 0 aliphatic heterocycles. The van der Waals surface area contributed by atoms with Crippen LogP contribution in [0.2, 0.25) is 0 Å². The molecule has 5 heteroatoms. The zero-order valence-corrected chi connectivity index (χ0v) is 13.0. The number of hydrogen-bond donors (Lipinski definition) is 0. The Morgan fingerprint density at radius 2 is 1.05 bits per heavy atom. The Labute approximate surface area is 122 Å². The normalized spacial score (nSPS) is 11.1. The lowest BCUT2D eigenvalue weighted by Gasteiger charge is -2.07. The SMILES string of the molecule is CCCCCCOCCOCCOCCOCCCl. The highest BCUT2D eigenvalue weighted by molar-refractivity contribution is 6.17. The van der Waals surface area contributed by atoms with E-state index in [1.165, 1.54) is 19.3 Å². The lowest BCUT2D eigenvalue weighted by atomic mass is 10.2. The first-order valence-corrected chi connectivity index (χ1v) is 7.82. The standard InChI is InChI=1S/C14H29ClO4/c1-2-3-4-5-7-16-9-11-18-13-14-19-12-10-17-8-6-15/h2-14H2,1H3. The molecule has 0 aromatic carbocycles. The topological polar surface area (TPSA) is 36.9 Å². The van der Waals surface area contributed by atoms with Gasteiger partial charge in [0.25, 0.3) is 0 Å². The average Bonchev–Trinajstić information content (AvgIpc) is 2.43. The Morgan fingerprint density at radius 1 is 0.579 bits per heavy atom. The zero-order chi connectivity index (χ0) is 14.0. The lowest BCUT2D eigenvalue weighted by molar-refractivity contribution is -0.000654. The minimum atomic E-state index is 0.529. The van der Waals surface area contributed by atoms with E-state index in [2.05, 4.69) is 6.92 Å². The van der Waals surface area contributed by atoms with Crippen molar-refractivity contribution in [2.75, 3.05) is 58.7 Å². The molecule has 4 nitrogen and oxygen atoms in total. The minimum absolute atomic E-state index is 0.529. The molecule has 0 atom stereocenters. The van der Waals surface area contributed by atoms with Gasteiger partial charge in [0.1, 0.15) is 0 Å². The van der Waals surface area contributed by atoms with Crippen molar-refractivity contribution in [1.82, 2.24) is 0 Å².